The standard InChI is InChI=1S/C20H23N3O3/c1-2-16-3-5-17(6-4-16)15-21-11-13-22(14-12-21)20(24)18-7-9-19(10-8-18)23(25)26/h3-10H,2,11-15H2,1H3. The monoisotopic (exact) mass is 353 g/mol. The van der Waals surface area contributed by atoms with Crippen LogP contribution in [0.5, 0.6) is 0 Å². The average Bonchev–Trinajstić information content (AvgIpc) is 2.69. The van der Waals surface area contributed by atoms with Gasteiger partial charge in [-0.25, -0.2) is 0 Å². The van der Waals surface area contributed by atoms with Crippen LogP contribution in [0, 0.1) is 10.1 Å². The highest BCUT2D eigenvalue weighted by Gasteiger charge is 2.22. The van der Waals surface area contributed by atoms with Crippen LogP contribution in [-0.2, 0) is 13.0 Å². The van der Waals surface area contributed by atoms with Crippen molar-refractivity contribution in [2.75, 3.05) is 26.2 Å². The first-order valence-corrected chi connectivity index (χ1v) is 8.90. The Morgan fingerprint density at radius 3 is 2.08 bits per heavy atom. The van der Waals surface area contributed by atoms with E-state index in [4.69, 9.17) is 0 Å². The number of piperazine rings is 1. The van der Waals surface area contributed by atoms with Crippen molar-refractivity contribution in [2.45, 2.75) is 19.9 Å². The summed E-state index contributed by atoms with van der Waals surface area (Å²) >= 11 is 0. The number of carbonyl (C=O) groups is 1. The van der Waals surface area contributed by atoms with Gasteiger partial charge in [-0.15, -0.1) is 0 Å². The molecule has 3 rings (SSSR count). The summed E-state index contributed by atoms with van der Waals surface area (Å²) in [5.41, 5.74) is 3.13. The normalized spacial score (nSPS) is 15.0. The zero-order chi connectivity index (χ0) is 18.5. The smallest absolute Gasteiger partial charge is 0.269 e. The van der Waals surface area contributed by atoms with Crippen molar-refractivity contribution in [3.63, 3.8) is 0 Å². The van der Waals surface area contributed by atoms with Crippen molar-refractivity contribution in [3.05, 3.63) is 75.3 Å². The highest BCUT2D eigenvalue weighted by atomic mass is 16.6. The molecule has 1 aliphatic heterocycles. The molecule has 0 bridgehead atoms. The molecule has 2 aromatic carbocycles. The van der Waals surface area contributed by atoms with Gasteiger partial charge in [-0.05, 0) is 29.7 Å². The summed E-state index contributed by atoms with van der Waals surface area (Å²) in [4.78, 5) is 27.0. The number of nitro benzene ring substituents is 1. The molecule has 1 heterocycles. The van der Waals surface area contributed by atoms with E-state index in [2.05, 4.69) is 36.1 Å². The van der Waals surface area contributed by atoms with Crippen LogP contribution in [0.15, 0.2) is 48.5 Å². The second-order valence-electron chi connectivity index (χ2n) is 6.54. The number of hydrogen-bond donors (Lipinski definition) is 0. The molecule has 2 aromatic rings. The lowest BCUT2D eigenvalue weighted by atomic mass is 10.1. The number of amides is 1. The molecule has 0 N–H and O–H groups in total. The van der Waals surface area contributed by atoms with Gasteiger partial charge in [0.25, 0.3) is 11.6 Å². The van der Waals surface area contributed by atoms with Crippen LogP contribution in [-0.4, -0.2) is 46.8 Å². The van der Waals surface area contributed by atoms with E-state index in [1.807, 2.05) is 4.90 Å². The summed E-state index contributed by atoms with van der Waals surface area (Å²) in [6.45, 7) is 6.04. The molecule has 0 atom stereocenters. The second-order valence-corrected chi connectivity index (χ2v) is 6.54. The predicted molar refractivity (Wildman–Crippen MR) is 100 cm³/mol. The Bertz CT molecular complexity index is 764. The van der Waals surface area contributed by atoms with Gasteiger partial charge in [0.1, 0.15) is 0 Å². The van der Waals surface area contributed by atoms with Gasteiger partial charge < -0.3 is 4.90 Å². The zero-order valence-corrected chi connectivity index (χ0v) is 14.9. The largest absolute Gasteiger partial charge is 0.336 e. The fourth-order valence-corrected chi connectivity index (χ4v) is 3.16. The van der Waals surface area contributed by atoms with E-state index in [1.165, 1.54) is 35.4 Å². The minimum absolute atomic E-state index is 0.000427. The van der Waals surface area contributed by atoms with Gasteiger partial charge in [0.05, 0.1) is 4.92 Å². The molecule has 1 aliphatic rings. The highest BCUT2D eigenvalue weighted by molar-refractivity contribution is 5.94. The predicted octanol–water partition coefficient (Wildman–Crippen LogP) is 3.12. The van der Waals surface area contributed by atoms with Gasteiger partial charge >= 0.3 is 0 Å². The van der Waals surface area contributed by atoms with E-state index in [9.17, 15) is 14.9 Å². The van der Waals surface area contributed by atoms with Crippen molar-refractivity contribution in [3.8, 4) is 0 Å². The number of nitrogens with zero attached hydrogens (tertiary/aromatic N) is 3. The quantitative estimate of drug-likeness (QED) is 0.612. The third-order valence-corrected chi connectivity index (χ3v) is 4.82. The topological polar surface area (TPSA) is 66.7 Å². The molecular weight excluding hydrogens is 330 g/mol. The first-order valence-electron chi connectivity index (χ1n) is 8.90. The van der Waals surface area contributed by atoms with E-state index in [0.717, 1.165) is 26.1 Å². The van der Waals surface area contributed by atoms with E-state index >= 15 is 0 Å². The lowest BCUT2D eigenvalue weighted by Crippen LogP contribution is -2.48. The molecule has 6 heteroatoms. The SMILES string of the molecule is CCc1ccc(CN2CCN(C(=O)c3ccc([N+](=O)[O-])cc3)CC2)cc1. The maximum Gasteiger partial charge on any atom is 0.269 e. The summed E-state index contributed by atoms with van der Waals surface area (Å²) in [6, 6.07) is 14.5. The van der Waals surface area contributed by atoms with Gasteiger partial charge in [0.15, 0.2) is 0 Å². The van der Waals surface area contributed by atoms with E-state index in [-0.39, 0.29) is 11.6 Å². The van der Waals surface area contributed by atoms with Gasteiger partial charge in [-0.1, -0.05) is 31.2 Å². The molecule has 0 spiro atoms. The summed E-state index contributed by atoms with van der Waals surface area (Å²) in [5.74, 6) is -0.0631. The van der Waals surface area contributed by atoms with E-state index < -0.39 is 4.92 Å². The fraction of sp³-hybridized carbons (Fsp3) is 0.350. The van der Waals surface area contributed by atoms with Gasteiger partial charge in [0.2, 0.25) is 0 Å². The summed E-state index contributed by atoms with van der Waals surface area (Å²) in [5, 5.41) is 10.7. The third-order valence-electron chi connectivity index (χ3n) is 4.82. The summed E-state index contributed by atoms with van der Waals surface area (Å²) in [6.07, 6.45) is 1.05. The van der Waals surface area contributed by atoms with Crippen molar-refractivity contribution in [1.29, 1.82) is 0 Å². The van der Waals surface area contributed by atoms with Crippen molar-refractivity contribution in [2.24, 2.45) is 0 Å². The number of benzene rings is 2. The molecule has 0 unspecified atom stereocenters. The lowest BCUT2D eigenvalue weighted by Gasteiger charge is -2.34. The molecule has 0 aromatic heterocycles. The van der Waals surface area contributed by atoms with Crippen molar-refractivity contribution >= 4 is 11.6 Å². The second kappa shape index (κ2) is 8.10. The molecule has 0 aliphatic carbocycles. The number of carbonyl (C=O) groups excluding carboxylic acids is 1. The first kappa shape index (κ1) is 18.1. The Labute approximate surface area is 153 Å². The Balaban J connectivity index is 1.53. The zero-order valence-electron chi connectivity index (χ0n) is 14.9. The molecule has 26 heavy (non-hydrogen) atoms. The van der Waals surface area contributed by atoms with Crippen LogP contribution in [0.4, 0.5) is 5.69 Å². The van der Waals surface area contributed by atoms with Gasteiger partial charge in [0, 0.05) is 50.4 Å². The van der Waals surface area contributed by atoms with Crippen LogP contribution in [0.2, 0.25) is 0 Å². The molecule has 1 saturated heterocycles. The third kappa shape index (κ3) is 4.26. The number of rotatable bonds is 5. The Morgan fingerprint density at radius 2 is 1.54 bits per heavy atom. The number of non-ortho nitro benzene ring substituents is 1. The molecule has 0 radical (unpaired) electrons. The summed E-state index contributed by atoms with van der Waals surface area (Å²) < 4.78 is 0. The maximum absolute atomic E-state index is 12.6. The minimum Gasteiger partial charge on any atom is -0.336 e. The minimum atomic E-state index is -0.458. The molecular formula is C20H23N3O3. The molecule has 0 saturated carbocycles. The lowest BCUT2D eigenvalue weighted by molar-refractivity contribution is -0.384. The van der Waals surface area contributed by atoms with Crippen LogP contribution < -0.4 is 0 Å². The molecule has 1 amide bonds. The molecule has 1 fully saturated rings. The van der Waals surface area contributed by atoms with Gasteiger partial charge in [-0.3, -0.25) is 19.8 Å². The van der Waals surface area contributed by atoms with E-state index in [0.29, 0.717) is 18.7 Å². The molecule has 136 valence electrons. The highest BCUT2D eigenvalue weighted by Crippen LogP contribution is 2.16. The van der Waals surface area contributed by atoms with Crippen LogP contribution >= 0.6 is 0 Å². The van der Waals surface area contributed by atoms with Crippen LogP contribution in [0.1, 0.15) is 28.4 Å². The maximum atomic E-state index is 12.6. The van der Waals surface area contributed by atoms with Gasteiger partial charge in [-0.2, -0.15) is 0 Å². The van der Waals surface area contributed by atoms with E-state index in [1.54, 1.807) is 0 Å². The fourth-order valence-electron chi connectivity index (χ4n) is 3.16. The van der Waals surface area contributed by atoms with Crippen LogP contribution in [0.25, 0.3) is 0 Å². The average molecular weight is 353 g/mol. The number of nitro groups is 1. The Kier molecular flexibility index (Phi) is 5.63. The molecule has 6 nitrogen and oxygen atoms in total. The Morgan fingerprint density at radius 1 is 0.962 bits per heavy atom. The van der Waals surface area contributed by atoms with Crippen molar-refractivity contribution < 1.29 is 9.72 Å². The summed E-state index contributed by atoms with van der Waals surface area (Å²) in [7, 11) is 0. The number of hydrogen-bond acceptors (Lipinski definition) is 4. The first-order chi connectivity index (χ1) is 12.6. The van der Waals surface area contributed by atoms with Crippen molar-refractivity contribution in [1.82, 2.24) is 9.80 Å². The Hall–Kier alpha value is -2.73. The van der Waals surface area contributed by atoms with Crippen LogP contribution in [0.3, 0.4) is 0 Å². The number of aryl methyl sites for hydroxylation is 1.